The van der Waals surface area contributed by atoms with Crippen molar-refractivity contribution in [2.45, 2.75) is 6.92 Å². The van der Waals surface area contributed by atoms with E-state index in [1.807, 2.05) is 24.7 Å². The third kappa shape index (κ3) is 1.16. The van der Waals surface area contributed by atoms with Crippen LogP contribution in [0.4, 0.5) is 0 Å². The van der Waals surface area contributed by atoms with Gasteiger partial charge in [-0.25, -0.2) is 9.78 Å². The quantitative estimate of drug-likeness (QED) is 0.742. The maximum atomic E-state index is 10.7. The Kier molecular flexibility index (Phi) is 1.77. The van der Waals surface area contributed by atoms with Crippen molar-refractivity contribution in [2.75, 3.05) is 0 Å². The number of hydrogen-bond donors (Lipinski definition) is 1. The second-order valence-corrected chi connectivity index (χ2v) is 3.29. The van der Waals surface area contributed by atoms with Gasteiger partial charge in [0.1, 0.15) is 5.69 Å². The van der Waals surface area contributed by atoms with Crippen LogP contribution in [0.15, 0.2) is 18.3 Å². The van der Waals surface area contributed by atoms with E-state index in [1.165, 1.54) is 6.07 Å². The molecule has 72 valence electrons. The number of hydrogen-bond acceptors (Lipinski definition) is 2. The van der Waals surface area contributed by atoms with Gasteiger partial charge in [0.2, 0.25) is 0 Å². The second kappa shape index (κ2) is 2.83. The molecule has 2 heterocycles. The van der Waals surface area contributed by atoms with Crippen LogP contribution in [0.5, 0.6) is 0 Å². The Morgan fingerprint density at radius 1 is 1.50 bits per heavy atom. The lowest BCUT2D eigenvalue weighted by Crippen LogP contribution is -1.99. The monoisotopic (exact) mass is 190 g/mol. The van der Waals surface area contributed by atoms with Gasteiger partial charge in [-0.1, -0.05) is 0 Å². The highest BCUT2D eigenvalue weighted by molar-refractivity contribution is 5.89. The molecule has 0 amide bonds. The first-order chi connectivity index (χ1) is 6.59. The molecule has 0 atom stereocenters. The average Bonchev–Trinajstić information content (AvgIpc) is 2.42. The van der Waals surface area contributed by atoms with Crippen LogP contribution in [0.1, 0.15) is 16.1 Å². The lowest BCUT2D eigenvalue weighted by atomic mass is 10.2. The van der Waals surface area contributed by atoms with E-state index >= 15 is 0 Å². The summed E-state index contributed by atoms with van der Waals surface area (Å²) >= 11 is 0. The standard InChI is InChI=1S/C10H10N2O2/c1-6-5-12(2)8-4-3-7(10(13)14)11-9(6)8/h3-5H,1-2H3,(H,13,14). The Balaban J connectivity index is 2.77. The summed E-state index contributed by atoms with van der Waals surface area (Å²) in [4.78, 5) is 14.8. The smallest absolute Gasteiger partial charge is 0.354 e. The van der Waals surface area contributed by atoms with Gasteiger partial charge in [-0.3, -0.25) is 0 Å². The van der Waals surface area contributed by atoms with E-state index < -0.39 is 5.97 Å². The van der Waals surface area contributed by atoms with Gasteiger partial charge >= 0.3 is 5.97 Å². The van der Waals surface area contributed by atoms with Crippen LogP contribution in [0, 0.1) is 6.92 Å². The number of aromatic nitrogens is 2. The van der Waals surface area contributed by atoms with Gasteiger partial charge in [-0.2, -0.15) is 0 Å². The Labute approximate surface area is 80.8 Å². The van der Waals surface area contributed by atoms with Crippen LogP contribution in [-0.2, 0) is 7.05 Å². The van der Waals surface area contributed by atoms with Crippen LogP contribution in [0.25, 0.3) is 11.0 Å². The molecule has 0 aromatic carbocycles. The molecule has 4 heteroatoms. The molecule has 0 bridgehead atoms. The van der Waals surface area contributed by atoms with Crippen molar-refractivity contribution in [3.63, 3.8) is 0 Å². The zero-order valence-corrected chi connectivity index (χ0v) is 7.98. The molecule has 0 fully saturated rings. The molecule has 0 aliphatic carbocycles. The molecule has 1 N–H and O–H groups in total. The first-order valence-electron chi connectivity index (χ1n) is 4.25. The molecule has 2 aromatic heterocycles. The van der Waals surface area contributed by atoms with Gasteiger partial charge < -0.3 is 9.67 Å². The van der Waals surface area contributed by atoms with E-state index in [1.54, 1.807) is 6.07 Å². The summed E-state index contributed by atoms with van der Waals surface area (Å²) in [5.74, 6) is -0.991. The van der Waals surface area contributed by atoms with Crippen molar-refractivity contribution in [3.05, 3.63) is 29.6 Å². The van der Waals surface area contributed by atoms with E-state index in [-0.39, 0.29) is 5.69 Å². The van der Waals surface area contributed by atoms with Crippen molar-refractivity contribution >= 4 is 17.0 Å². The van der Waals surface area contributed by atoms with Gasteiger partial charge in [0.25, 0.3) is 0 Å². The van der Waals surface area contributed by atoms with E-state index in [4.69, 9.17) is 5.11 Å². The number of carbonyl (C=O) groups is 1. The van der Waals surface area contributed by atoms with Gasteiger partial charge in [0, 0.05) is 13.2 Å². The van der Waals surface area contributed by atoms with Crippen molar-refractivity contribution in [1.82, 2.24) is 9.55 Å². The maximum Gasteiger partial charge on any atom is 0.354 e. The van der Waals surface area contributed by atoms with Crippen LogP contribution in [0.2, 0.25) is 0 Å². The largest absolute Gasteiger partial charge is 0.477 e. The Bertz CT molecular complexity index is 514. The highest BCUT2D eigenvalue weighted by Gasteiger charge is 2.09. The van der Waals surface area contributed by atoms with Gasteiger partial charge in [0.05, 0.1) is 11.0 Å². The van der Waals surface area contributed by atoms with Gasteiger partial charge in [-0.05, 0) is 24.6 Å². The third-order valence-corrected chi connectivity index (χ3v) is 2.23. The van der Waals surface area contributed by atoms with Crippen molar-refractivity contribution in [3.8, 4) is 0 Å². The molecular weight excluding hydrogens is 180 g/mol. The van der Waals surface area contributed by atoms with Crippen molar-refractivity contribution in [2.24, 2.45) is 7.05 Å². The van der Waals surface area contributed by atoms with Crippen LogP contribution >= 0.6 is 0 Å². The van der Waals surface area contributed by atoms with Gasteiger partial charge in [0.15, 0.2) is 0 Å². The fourth-order valence-corrected chi connectivity index (χ4v) is 1.57. The number of carboxylic acids is 1. The number of pyridine rings is 1. The number of carboxylic acid groups (broad SMARTS) is 1. The Morgan fingerprint density at radius 2 is 2.21 bits per heavy atom. The Morgan fingerprint density at radius 3 is 2.86 bits per heavy atom. The fraction of sp³-hybridized carbons (Fsp3) is 0.200. The molecule has 0 aliphatic heterocycles. The number of aryl methyl sites for hydroxylation is 2. The summed E-state index contributed by atoms with van der Waals surface area (Å²) in [6.45, 7) is 1.92. The number of fused-ring (bicyclic) bond motifs is 1. The summed E-state index contributed by atoms with van der Waals surface area (Å²) in [6.07, 6.45) is 1.93. The first kappa shape index (κ1) is 8.74. The molecule has 0 unspecified atom stereocenters. The summed E-state index contributed by atoms with van der Waals surface area (Å²) < 4.78 is 1.93. The molecule has 0 saturated heterocycles. The van der Waals surface area contributed by atoms with Crippen LogP contribution in [0.3, 0.4) is 0 Å². The molecule has 0 spiro atoms. The first-order valence-corrected chi connectivity index (χ1v) is 4.25. The summed E-state index contributed by atoms with van der Waals surface area (Å²) in [6, 6.07) is 3.29. The number of rotatable bonds is 1. The van der Waals surface area contributed by atoms with E-state index in [2.05, 4.69) is 4.98 Å². The molecule has 2 aromatic rings. The molecule has 0 saturated carbocycles. The fourth-order valence-electron chi connectivity index (χ4n) is 1.57. The van der Waals surface area contributed by atoms with E-state index in [0.29, 0.717) is 0 Å². The summed E-state index contributed by atoms with van der Waals surface area (Å²) in [5.41, 5.74) is 2.79. The van der Waals surface area contributed by atoms with Gasteiger partial charge in [-0.15, -0.1) is 0 Å². The molecule has 4 nitrogen and oxygen atoms in total. The average molecular weight is 190 g/mol. The predicted octanol–water partition coefficient (Wildman–Crippen LogP) is 1.58. The minimum Gasteiger partial charge on any atom is -0.477 e. The Hall–Kier alpha value is -1.84. The van der Waals surface area contributed by atoms with Crippen LogP contribution in [-0.4, -0.2) is 20.6 Å². The SMILES string of the molecule is Cc1cn(C)c2ccc(C(=O)O)nc12. The normalized spacial score (nSPS) is 10.7. The van der Waals surface area contributed by atoms with Crippen molar-refractivity contribution < 1.29 is 9.90 Å². The summed E-state index contributed by atoms with van der Waals surface area (Å²) in [7, 11) is 1.91. The lowest BCUT2D eigenvalue weighted by Gasteiger charge is -1.96. The second-order valence-electron chi connectivity index (χ2n) is 3.29. The number of nitrogens with zero attached hydrogens (tertiary/aromatic N) is 2. The van der Waals surface area contributed by atoms with Crippen molar-refractivity contribution in [1.29, 1.82) is 0 Å². The summed E-state index contributed by atoms with van der Waals surface area (Å²) in [5, 5.41) is 8.77. The molecular formula is C10H10N2O2. The molecule has 0 aliphatic rings. The molecule has 14 heavy (non-hydrogen) atoms. The van der Waals surface area contributed by atoms with Crippen LogP contribution < -0.4 is 0 Å². The highest BCUT2D eigenvalue weighted by Crippen LogP contribution is 2.17. The molecule has 2 rings (SSSR count). The lowest BCUT2D eigenvalue weighted by molar-refractivity contribution is 0.0691. The van der Waals surface area contributed by atoms with E-state index in [9.17, 15) is 4.79 Å². The minimum absolute atomic E-state index is 0.0896. The minimum atomic E-state index is -0.991. The maximum absolute atomic E-state index is 10.7. The topological polar surface area (TPSA) is 55.1 Å². The zero-order valence-electron chi connectivity index (χ0n) is 7.98. The number of aromatic carboxylic acids is 1. The zero-order chi connectivity index (χ0) is 10.3. The third-order valence-electron chi connectivity index (χ3n) is 2.23. The molecule has 0 radical (unpaired) electrons. The highest BCUT2D eigenvalue weighted by atomic mass is 16.4. The predicted molar refractivity (Wildman–Crippen MR) is 52.4 cm³/mol. The van der Waals surface area contributed by atoms with E-state index in [0.717, 1.165) is 16.6 Å².